The Labute approximate surface area is 153 Å². The third-order valence-electron chi connectivity index (χ3n) is 4.49. The SMILES string of the molecule is CCCC[C@]1(C)NC(=O)N(CC(=O)c2ccc(CNC(C)=O)cc2)C1=O. The number of carbonyl (C=O) groups is 4. The molecule has 0 aromatic heterocycles. The lowest BCUT2D eigenvalue weighted by Crippen LogP contribution is -2.44. The molecule has 1 heterocycles. The van der Waals surface area contributed by atoms with Crippen molar-refractivity contribution in [3.63, 3.8) is 0 Å². The van der Waals surface area contributed by atoms with Crippen LogP contribution < -0.4 is 10.6 Å². The van der Waals surface area contributed by atoms with Crippen LogP contribution in [0.1, 0.15) is 56.0 Å². The zero-order chi connectivity index (χ0) is 19.3. The van der Waals surface area contributed by atoms with E-state index in [1.165, 1.54) is 6.92 Å². The van der Waals surface area contributed by atoms with Crippen LogP contribution in [0.25, 0.3) is 0 Å². The van der Waals surface area contributed by atoms with Crippen molar-refractivity contribution in [2.24, 2.45) is 0 Å². The van der Waals surface area contributed by atoms with Crippen LogP contribution in [0, 0.1) is 0 Å². The summed E-state index contributed by atoms with van der Waals surface area (Å²) < 4.78 is 0. The van der Waals surface area contributed by atoms with E-state index in [1.54, 1.807) is 31.2 Å². The highest BCUT2D eigenvalue weighted by Gasteiger charge is 2.47. The van der Waals surface area contributed by atoms with Crippen molar-refractivity contribution in [3.8, 4) is 0 Å². The molecule has 1 fully saturated rings. The monoisotopic (exact) mass is 359 g/mol. The summed E-state index contributed by atoms with van der Waals surface area (Å²) in [7, 11) is 0. The van der Waals surface area contributed by atoms with E-state index in [1.807, 2.05) is 6.92 Å². The number of Topliss-reactive ketones (excluding diaryl/α,β-unsaturated/α-hetero) is 1. The number of carbonyl (C=O) groups excluding carboxylic acids is 4. The zero-order valence-corrected chi connectivity index (χ0v) is 15.4. The Hall–Kier alpha value is -2.70. The van der Waals surface area contributed by atoms with E-state index in [9.17, 15) is 19.2 Å². The molecule has 2 N–H and O–H groups in total. The van der Waals surface area contributed by atoms with E-state index >= 15 is 0 Å². The largest absolute Gasteiger partial charge is 0.352 e. The summed E-state index contributed by atoms with van der Waals surface area (Å²) in [5.41, 5.74) is 0.341. The molecule has 0 aliphatic carbocycles. The van der Waals surface area contributed by atoms with Gasteiger partial charge in [0, 0.05) is 19.0 Å². The number of amides is 4. The normalized spacial score (nSPS) is 19.4. The van der Waals surface area contributed by atoms with Gasteiger partial charge in [0.15, 0.2) is 5.78 Å². The molecule has 26 heavy (non-hydrogen) atoms. The molecular formula is C19H25N3O4. The van der Waals surface area contributed by atoms with Gasteiger partial charge in [-0.05, 0) is 18.9 Å². The van der Waals surface area contributed by atoms with Gasteiger partial charge in [0.2, 0.25) is 5.91 Å². The molecule has 1 aromatic carbocycles. The molecule has 0 bridgehead atoms. The second-order valence-corrected chi connectivity index (χ2v) is 6.79. The average Bonchev–Trinajstić information content (AvgIpc) is 2.82. The first-order valence-corrected chi connectivity index (χ1v) is 8.77. The van der Waals surface area contributed by atoms with Crippen LogP contribution in [0.4, 0.5) is 4.79 Å². The molecular weight excluding hydrogens is 334 g/mol. The Bertz CT molecular complexity index is 714. The Morgan fingerprint density at radius 1 is 1.19 bits per heavy atom. The highest BCUT2D eigenvalue weighted by molar-refractivity contribution is 6.11. The fraction of sp³-hybridized carbons (Fsp3) is 0.474. The van der Waals surface area contributed by atoms with Gasteiger partial charge in [-0.2, -0.15) is 0 Å². The Kier molecular flexibility index (Phi) is 6.13. The van der Waals surface area contributed by atoms with Crippen molar-refractivity contribution in [2.75, 3.05) is 6.54 Å². The fourth-order valence-corrected chi connectivity index (χ4v) is 2.86. The molecule has 2 rings (SSSR count). The van der Waals surface area contributed by atoms with Gasteiger partial charge >= 0.3 is 6.03 Å². The molecule has 1 aliphatic rings. The van der Waals surface area contributed by atoms with Gasteiger partial charge in [0.05, 0.1) is 6.54 Å². The fourth-order valence-electron chi connectivity index (χ4n) is 2.86. The summed E-state index contributed by atoms with van der Waals surface area (Å²) in [4.78, 5) is 49.1. The summed E-state index contributed by atoms with van der Waals surface area (Å²) in [6, 6.07) is 6.22. The summed E-state index contributed by atoms with van der Waals surface area (Å²) in [6.45, 7) is 5.25. The molecule has 1 atom stereocenters. The lowest BCUT2D eigenvalue weighted by molar-refractivity contribution is -0.130. The van der Waals surface area contributed by atoms with Gasteiger partial charge in [0.1, 0.15) is 5.54 Å². The van der Waals surface area contributed by atoms with Crippen molar-refractivity contribution in [1.82, 2.24) is 15.5 Å². The maximum absolute atomic E-state index is 12.6. The van der Waals surface area contributed by atoms with Crippen molar-refractivity contribution in [2.45, 2.75) is 52.1 Å². The van der Waals surface area contributed by atoms with Crippen LogP contribution in [0.5, 0.6) is 0 Å². The lowest BCUT2D eigenvalue weighted by atomic mass is 9.95. The summed E-state index contributed by atoms with van der Waals surface area (Å²) >= 11 is 0. The van der Waals surface area contributed by atoms with Gasteiger partial charge in [-0.3, -0.25) is 19.3 Å². The van der Waals surface area contributed by atoms with Crippen LogP contribution in [0.15, 0.2) is 24.3 Å². The first kappa shape index (κ1) is 19.6. The molecule has 0 radical (unpaired) electrons. The summed E-state index contributed by atoms with van der Waals surface area (Å²) in [5, 5.41) is 5.38. The van der Waals surface area contributed by atoms with Gasteiger partial charge in [-0.25, -0.2) is 4.79 Å². The van der Waals surface area contributed by atoms with E-state index < -0.39 is 11.6 Å². The molecule has 7 nitrogen and oxygen atoms in total. The topological polar surface area (TPSA) is 95.6 Å². The second-order valence-electron chi connectivity index (χ2n) is 6.79. The minimum absolute atomic E-state index is 0.130. The number of imide groups is 1. The standard InChI is InChI=1S/C19H25N3O4/c1-4-5-10-19(3)17(25)22(18(26)21-19)12-16(24)15-8-6-14(7-9-15)11-20-13(2)23/h6-9H,4-5,10-12H2,1-3H3,(H,20,23)(H,21,26)/t19-/m0/s1. The highest BCUT2D eigenvalue weighted by atomic mass is 16.2. The number of nitrogens with one attached hydrogen (secondary N) is 2. The zero-order valence-electron chi connectivity index (χ0n) is 15.4. The number of hydrogen-bond donors (Lipinski definition) is 2. The third-order valence-corrected chi connectivity index (χ3v) is 4.49. The molecule has 1 aromatic rings. The number of benzene rings is 1. The first-order valence-electron chi connectivity index (χ1n) is 8.77. The van der Waals surface area contributed by atoms with Gasteiger partial charge in [0.25, 0.3) is 5.91 Å². The molecule has 0 unspecified atom stereocenters. The van der Waals surface area contributed by atoms with Crippen LogP contribution in [-0.4, -0.2) is 40.6 Å². The minimum atomic E-state index is -0.935. The van der Waals surface area contributed by atoms with Crippen molar-refractivity contribution < 1.29 is 19.2 Å². The van der Waals surface area contributed by atoms with Gasteiger partial charge in [-0.15, -0.1) is 0 Å². The maximum Gasteiger partial charge on any atom is 0.325 e. The number of ketones is 1. The summed E-state index contributed by atoms with van der Waals surface area (Å²) in [6.07, 6.45) is 2.29. The number of unbranched alkanes of at least 4 members (excludes halogenated alkanes) is 1. The van der Waals surface area contributed by atoms with Crippen molar-refractivity contribution in [1.29, 1.82) is 0 Å². The van der Waals surface area contributed by atoms with Crippen LogP contribution in [0.3, 0.4) is 0 Å². The minimum Gasteiger partial charge on any atom is -0.352 e. The van der Waals surface area contributed by atoms with Crippen molar-refractivity contribution >= 4 is 23.6 Å². The number of rotatable bonds is 8. The maximum atomic E-state index is 12.6. The predicted octanol–water partition coefficient (Wildman–Crippen LogP) is 2.01. The summed E-state index contributed by atoms with van der Waals surface area (Å²) in [5.74, 6) is -0.791. The van der Waals surface area contributed by atoms with Gasteiger partial charge < -0.3 is 10.6 Å². The molecule has 0 spiro atoms. The molecule has 140 valence electrons. The molecule has 4 amide bonds. The van der Waals surface area contributed by atoms with Crippen LogP contribution >= 0.6 is 0 Å². The average molecular weight is 359 g/mol. The Morgan fingerprint density at radius 3 is 2.42 bits per heavy atom. The second kappa shape index (κ2) is 8.12. The van der Waals surface area contributed by atoms with Crippen molar-refractivity contribution in [3.05, 3.63) is 35.4 Å². The van der Waals surface area contributed by atoms with Crippen LogP contribution in [-0.2, 0) is 16.1 Å². The third kappa shape index (κ3) is 4.47. The van der Waals surface area contributed by atoms with E-state index in [0.29, 0.717) is 18.5 Å². The quantitative estimate of drug-likeness (QED) is 0.548. The van der Waals surface area contributed by atoms with E-state index in [-0.39, 0.29) is 24.1 Å². The van der Waals surface area contributed by atoms with E-state index in [0.717, 1.165) is 23.3 Å². The molecule has 0 saturated carbocycles. The van der Waals surface area contributed by atoms with E-state index in [2.05, 4.69) is 10.6 Å². The number of nitrogens with zero attached hydrogens (tertiary/aromatic N) is 1. The van der Waals surface area contributed by atoms with E-state index in [4.69, 9.17) is 0 Å². The van der Waals surface area contributed by atoms with Crippen LogP contribution in [0.2, 0.25) is 0 Å². The number of urea groups is 1. The molecule has 1 saturated heterocycles. The first-order chi connectivity index (χ1) is 12.3. The Balaban J connectivity index is 2.01. The molecule has 1 aliphatic heterocycles. The lowest BCUT2D eigenvalue weighted by Gasteiger charge is -2.21. The predicted molar refractivity (Wildman–Crippen MR) is 96.5 cm³/mol. The molecule has 7 heteroatoms. The van der Waals surface area contributed by atoms with Gasteiger partial charge in [-0.1, -0.05) is 44.0 Å². The highest BCUT2D eigenvalue weighted by Crippen LogP contribution is 2.23. The smallest absolute Gasteiger partial charge is 0.325 e. The number of hydrogen-bond acceptors (Lipinski definition) is 4. The Morgan fingerprint density at radius 2 is 1.85 bits per heavy atom.